The summed E-state index contributed by atoms with van der Waals surface area (Å²) in [4.78, 5) is 37.7. The maximum Gasteiger partial charge on any atom is 0.295 e. The molecule has 0 saturated carbocycles. The molecule has 168 valence electrons. The van der Waals surface area contributed by atoms with E-state index in [1.807, 2.05) is 0 Å². The molecular weight excluding hydrogens is 416 g/mol. The number of benzene rings is 2. The van der Waals surface area contributed by atoms with Crippen molar-refractivity contribution in [3.8, 4) is 5.75 Å². The number of aryl methyl sites for hydroxylation is 1. The molecule has 0 aliphatic carbocycles. The zero-order valence-corrected chi connectivity index (χ0v) is 18.0. The maximum absolute atomic E-state index is 13.0. The van der Waals surface area contributed by atoms with Gasteiger partial charge >= 0.3 is 0 Å². The minimum Gasteiger partial charge on any atom is -0.507 e. The number of nitrogens with zero attached hydrogens (tertiary/aromatic N) is 2. The van der Waals surface area contributed by atoms with Crippen LogP contribution in [0, 0.1) is 17.0 Å². The highest BCUT2D eigenvalue weighted by atomic mass is 16.6. The van der Waals surface area contributed by atoms with Crippen LogP contribution < -0.4 is 4.74 Å². The molecule has 0 spiro atoms. The number of aliphatic hydroxyl groups is 1. The number of non-ortho nitro benzene ring substituents is 1. The Hall–Kier alpha value is -3.72. The average Bonchev–Trinajstić information content (AvgIpc) is 3.03. The van der Waals surface area contributed by atoms with E-state index in [1.54, 1.807) is 25.1 Å². The number of nitro benzene ring substituents is 1. The quantitative estimate of drug-likeness (QED) is 0.167. The first kappa shape index (κ1) is 23.0. The van der Waals surface area contributed by atoms with Crippen molar-refractivity contribution in [1.29, 1.82) is 0 Å². The van der Waals surface area contributed by atoms with Crippen LogP contribution in [0.15, 0.2) is 48.0 Å². The van der Waals surface area contributed by atoms with Crippen LogP contribution in [0.2, 0.25) is 0 Å². The van der Waals surface area contributed by atoms with Gasteiger partial charge in [-0.1, -0.05) is 0 Å². The number of carbonyl (C=O) groups excluding carboxylic acids is 2. The first-order chi connectivity index (χ1) is 15.3. The number of ketones is 1. The summed E-state index contributed by atoms with van der Waals surface area (Å²) in [6.45, 7) is 2.40. The summed E-state index contributed by atoms with van der Waals surface area (Å²) in [6.07, 6.45) is 0.481. The third-order valence-corrected chi connectivity index (χ3v) is 5.38. The van der Waals surface area contributed by atoms with Gasteiger partial charge in [0.05, 0.1) is 23.6 Å². The van der Waals surface area contributed by atoms with E-state index in [-0.39, 0.29) is 23.6 Å². The van der Waals surface area contributed by atoms with Gasteiger partial charge in [-0.3, -0.25) is 19.7 Å². The second-order valence-corrected chi connectivity index (χ2v) is 7.37. The Bertz CT molecular complexity index is 1080. The number of Topliss-reactive ketones (excluding diaryl/α,β-unsaturated/α-hetero) is 1. The van der Waals surface area contributed by atoms with Crippen LogP contribution in [0.4, 0.5) is 5.69 Å². The minimum atomic E-state index is -0.880. The normalized spacial score (nSPS) is 17.6. The number of amides is 1. The summed E-state index contributed by atoms with van der Waals surface area (Å²) in [6, 6.07) is 9.65. The molecule has 1 aliphatic heterocycles. The highest BCUT2D eigenvalue weighted by Gasteiger charge is 2.45. The predicted molar refractivity (Wildman–Crippen MR) is 116 cm³/mol. The van der Waals surface area contributed by atoms with Gasteiger partial charge in [0.2, 0.25) is 0 Å². The molecule has 1 atom stereocenters. The Morgan fingerprint density at radius 3 is 2.41 bits per heavy atom. The van der Waals surface area contributed by atoms with Crippen molar-refractivity contribution in [2.24, 2.45) is 0 Å². The molecule has 1 saturated heterocycles. The lowest BCUT2D eigenvalue weighted by Gasteiger charge is -2.25. The molecule has 2 aromatic rings. The van der Waals surface area contributed by atoms with Gasteiger partial charge in [0.15, 0.2) is 0 Å². The Kier molecular flexibility index (Phi) is 6.89. The fourth-order valence-electron chi connectivity index (χ4n) is 3.80. The maximum atomic E-state index is 13.0. The summed E-state index contributed by atoms with van der Waals surface area (Å²) in [7, 11) is 3.07. The Labute approximate surface area is 185 Å². The van der Waals surface area contributed by atoms with E-state index < -0.39 is 22.7 Å². The molecule has 1 fully saturated rings. The highest BCUT2D eigenvalue weighted by molar-refractivity contribution is 6.46. The van der Waals surface area contributed by atoms with Gasteiger partial charge in [0.1, 0.15) is 11.5 Å². The lowest BCUT2D eigenvalue weighted by molar-refractivity contribution is -0.384. The van der Waals surface area contributed by atoms with Crippen molar-refractivity contribution in [2.45, 2.75) is 19.4 Å². The molecule has 0 radical (unpaired) electrons. The highest BCUT2D eigenvalue weighted by Crippen LogP contribution is 2.40. The number of hydrogen-bond acceptors (Lipinski definition) is 7. The van der Waals surface area contributed by atoms with Crippen molar-refractivity contribution in [3.63, 3.8) is 0 Å². The third kappa shape index (κ3) is 4.33. The molecule has 1 heterocycles. The molecule has 32 heavy (non-hydrogen) atoms. The van der Waals surface area contributed by atoms with E-state index in [4.69, 9.17) is 9.47 Å². The fourth-order valence-corrected chi connectivity index (χ4v) is 3.80. The number of rotatable bonds is 8. The topological polar surface area (TPSA) is 119 Å². The largest absolute Gasteiger partial charge is 0.507 e. The van der Waals surface area contributed by atoms with Crippen molar-refractivity contribution in [3.05, 3.63) is 74.8 Å². The number of carbonyl (C=O) groups is 2. The van der Waals surface area contributed by atoms with E-state index in [2.05, 4.69) is 0 Å². The van der Waals surface area contributed by atoms with E-state index in [0.29, 0.717) is 29.9 Å². The molecular formula is C23H24N2O7. The van der Waals surface area contributed by atoms with E-state index in [9.17, 15) is 24.8 Å². The van der Waals surface area contributed by atoms with Gasteiger partial charge in [0.25, 0.3) is 17.4 Å². The summed E-state index contributed by atoms with van der Waals surface area (Å²) < 4.78 is 10.3. The third-order valence-electron chi connectivity index (χ3n) is 5.38. The van der Waals surface area contributed by atoms with E-state index in [0.717, 1.165) is 5.56 Å². The minimum absolute atomic E-state index is 0.0640. The molecule has 0 aromatic heterocycles. The fraction of sp³-hybridized carbons (Fsp3) is 0.304. The van der Waals surface area contributed by atoms with Crippen molar-refractivity contribution < 1.29 is 29.1 Å². The second kappa shape index (κ2) is 9.61. The molecule has 1 aliphatic rings. The van der Waals surface area contributed by atoms with Crippen molar-refractivity contribution >= 4 is 23.1 Å². The molecule has 9 heteroatoms. The molecule has 1 amide bonds. The van der Waals surface area contributed by atoms with Crippen LogP contribution >= 0.6 is 0 Å². The lowest BCUT2D eigenvalue weighted by atomic mass is 9.94. The lowest BCUT2D eigenvalue weighted by Crippen LogP contribution is -2.31. The van der Waals surface area contributed by atoms with Crippen LogP contribution in [-0.2, 0) is 14.3 Å². The van der Waals surface area contributed by atoms with Crippen LogP contribution in [-0.4, -0.2) is 54.0 Å². The van der Waals surface area contributed by atoms with Crippen LogP contribution in [0.25, 0.3) is 5.76 Å². The van der Waals surface area contributed by atoms with Crippen LogP contribution in [0.3, 0.4) is 0 Å². The smallest absolute Gasteiger partial charge is 0.295 e. The van der Waals surface area contributed by atoms with Gasteiger partial charge in [-0.15, -0.1) is 0 Å². The number of likely N-dealkylation sites (tertiary alicyclic amines) is 1. The monoisotopic (exact) mass is 440 g/mol. The molecule has 0 unspecified atom stereocenters. The van der Waals surface area contributed by atoms with Gasteiger partial charge in [-0.2, -0.15) is 0 Å². The number of ether oxygens (including phenoxy) is 2. The van der Waals surface area contributed by atoms with Gasteiger partial charge < -0.3 is 19.5 Å². The van der Waals surface area contributed by atoms with Gasteiger partial charge in [-0.05, 0) is 54.8 Å². The first-order valence-electron chi connectivity index (χ1n) is 9.96. The number of hydrogen-bond donors (Lipinski definition) is 1. The number of methoxy groups -OCH3 is 2. The average molecular weight is 440 g/mol. The zero-order valence-electron chi connectivity index (χ0n) is 18.0. The molecule has 1 N–H and O–H groups in total. The second-order valence-electron chi connectivity index (χ2n) is 7.37. The molecule has 9 nitrogen and oxygen atoms in total. The summed E-state index contributed by atoms with van der Waals surface area (Å²) in [5, 5.41) is 22.1. The molecule has 0 bridgehead atoms. The summed E-state index contributed by atoms with van der Waals surface area (Å²) >= 11 is 0. The first-order valence-corrected chi connectivity index (χ1v) is 9.96. The Balaban J connectivity index is 2.13. The summed E-state index contributed by atoms with van der Waals surface area (Å²) in [5.41, 5.74) is 1.42. The van der Waals surface area contributed by atoms with Gasteiger partial charge in [0, 0.05) is 38.0 Å². The standard InChI is InChI=1S/C23H24N2O7/c1-14-13-16(7-10-18(14)32-3)21(26)19-20(15-5-8-17(9-6-15)25(29)30)24(11-4-12-31-2)23(28)22(19)27/h5-10,13,20,26H,4,11-12H2,1-3H3/t20-/m0/s1. The van der Waals surface area contributed by atoms with Crippen LogP contribution in [0.1, 0.15) is 29.2 Å². The van der Waals surface area contributed by atoms with E-state index in [1.165, 1.54) is 43.4 Å². The van der Waals surface area contributed by atoms with E-state index >= 15 is 0 Å². The van der Waals surface area contributed by atoms with Crippen molar-refractivity contribution in [2.75, 3.05) is 27.4 Å². The Morgan fingerprint density at radius 2 is 1.84 bits per heavy atom. The predicted octanol–water partition coefficient (Wildman–Crippen LogP) is 3.37. The SMILES string of the molecule is COCCCN1C(=O)C(=O)C(=C(O)c2ccc(OC)c(C)c2)[C@@H]1c1ccc([N+](=O)[O-])cc1. The summed E-state index contributed by atoms with van der Waals surface area (Å²) in [5.74, 6) is -1.24. The van der Waals surface area contributed by atoms with Crippen LogP contribution in [0.5, 0.6) is 5.75 Å². The zero-order chi connectivity index (χ0) is 23.4. The van der Waals surface area contributed by atoms with Gasteiger partial charge in [-0.25, -0.2) is 0 Å². The van der Waals surface area contributed by atoms with Crippen molar-refractivity contribution in [1.82, 2.24) is 4.90 Å². The Morgan fingerprint density at radius 1 is 1.16 bits per heavy atom. The number of nitro groups is 1. The number of aliphatic hydroxyl groups excluding tert-OH is 1. The molecule has 2 aromatic carbocycles. The molecule has 3 rings (SSSR count).